The number of nitrogens with one attached hydrogen (secondary N) is 1. The molecule has 0 aliphatic carbocycles. The molecule has 106 valence electrons. The van der Waals surface area contributed by atoms with Crippen molar-refractivity contribution in [2.75, 3.05) is 5.32 Å². The Balaban J connectivity index is 2.05. The van der Waals surface area contributed by atoms with Crippen LogP contribution in [0.1, 0.15) is 15.2 Å². The minimum atomic E-state index is -0.259. The number of thiophene rings is 1. The standard InChI is InChI=1S/C14H12N4O2S/c1-8-10-13(16-7-18(2)14(10)20)21-11(8)12(19)17-9-4-3-5-15-6-9/h3-7H,1-2H3,(H,17,19). The van der Waals surface area contributed by atoms with Gasteiger partial charge in [0.2, 0.25) is 0 Å². The maximum atomic E-state index is 12.3. The number of fused-ring (bicyclic) bond motifs is 1. The lowest BCUT2D eigenvalue weighted by Gasteiger charge is -2.03. The van der Waals surface area contributed by atoms with Crippen LogP contribution in [-0.2, 0) is 7.05 Å². The van der Waals surface area contributed by atoms with Gasteiger partial charge in [-0.2, -0.15) is 0 Å². The van der Waals surface area contributed by atoms with E-state index in [2.05, 4.69) is 15.3 Å². The summed E-state index contributed by atoms with van der Waals surface area (Å²) in [6.07, 6.45) is 4.66. The van der Waals surface area contributed by atoms with Crippen LogP contribution < -0.4 is 10.9 Å². The third-order valence-corrected chi connectivity index (χ3v) is 4.33. The van der Waals surface area contributed by atoms with Gasteiger partial charge < -0.3 is 9.88 Å². The summed E-state index contributed by atoms with van der Waals surface area (Å²) in [6, 6.07) is 3.50. The number of aryl methyl sites for hydroxylation is 2. The fourth-order valence-electron chi connectivity index (χ4n) is 2.05. The number of amides is 1. The Hall–Kier alpha value is -2.54. The fourth-order valence-corrected chi connectivity index (χ4v) is 3.08. The molecule has 0 aliphatic rings. The molecule has 0 atom stereocenters. The highest BCUT2D eigenvalue weighted by atomic mass is 32.1. The van der Waals surface area contributed by atoms with Crippen molar-refractivity contribution in [3.8, 4) is 0 Å². The second-order valence-corrected chi connectivity index (χ2v) is 5.59. The van der Waals surface area contributed by atoms with E-state index in [0.717, 1.165) is 0 Å². The monoisotopic (exact) mass is 300 g/mol. The second-order valence-electron chi connectivity index (χ2n) is 4.59. The van der Waals surface area contributed by atoms with Crippen LogP contribution in [-0.4, -0.2) is 20.4 Å². The lowest BCUT2D eigenvalue weighted by Crippen LogP contribution is -2.17. The van der Waals surface area contributed by atoms with Crippen molar-refractivity contribution in [2.45, 2.75) is 6.92 Å². The summed E-state index contributed by atoms with van der Waals surface area (Å²) in [5.41, 5.74) is 1.12. The van der Waals surface area contributed by atoms with Crippen molar-refractivity contribution >= 4 is 33.1 Å². The van der Waals surface area contributed by atoms with Gasteiger partial charge in [-0.25, -0.2) is 4.98 Å². The zero-order valence-corrected chi connectivity index (χ0v) is 12.3. The summed E-state index contributed by atoms with van der Waals surface area (Å²) >= 11 is 1.22. The van der Waals surface area contributed by atoms with E-state index >= 15 is 0 Å². The Kier molecular flexibility index (Phi) is 3.26. The van der Waals surface area contributed by atoms with E-state index in [-0.39, 0.29) is 11.5 Å². The van der Waals surface area contributed by atoms with Crippen LogP contribution >= 0.6 is 11.3 Å². The van der Waals surface area contributed by atoms with E-state index in [4.69, 9.17) is 0 Å². The molecule has 6 nitrogen and oxygen atoms in total. The lowest BCUT2D eigenvalue weighted by atomic mass is 10.2. The minimum Gasteiger partial charge on any atom is -0.320 e. The van der Waals surface area contributed by atoms with Crippen LogP contribution in [0.25, 0.3) is 10.2 Å². The van der Waals surface area contributed by atoms with E-state index in [0.29, 0.717) is 26.3 Å². The number of carbonyl (C=O) groups is 1. The molecule has 7 heteroatoms. The molecule has 0 spiro atoms. The molecule has 3 aromatic rings. The Morgan fingerprint density at radius 1 is 1.43 bits per heavy atom. The molecular weight excluding hydrogens is 288 g/mol. The second kappa shape index (κ2) is 5.10. The van der Waals surface area contributed by atoms with Crippen LogP contribution in [0.5, 0.6) is 0 Å². The number of nitrogens with zero attached hydrogens (tertiary/aromatic N) is 3. The molecule has 0 bridgehead atoms. The molecule has 1 amide bonds. The van der Waals surface area contributed by atoms with Gasteiger partial charge in [0.05, 0.1) is 28.5 Å². The van der Waals surface area contributed by atoms with Gasteiger partial charge in [0, 0.05) is 13.2 Å². The molecule has 21 heavy (non-hydrogen) atoms. The number of hydrogen-bond acceptors (Lipinski definition) is 5. The van der Waals surface area contributed by atoms with E-state index in [1.165, 1.54) is 22.2 Å². The highest BCUT2D eigenvalue weighted by Gasteiger charge is 2.19. The van der Waals surface area contributed by atoms with Crippen LogP contribution in [0.15, 0.2) is 35.6 Å². The van der Waals surface area contributed by atoms with Crippen LogP contribution in [0, 0.1) is 6.92 Å². The molecule has 0 aliphatic heterocycles. The Morgan fingerprint density at radius 2 is 2.24 bits per heavy atom. The summed E-state index contributed by atoms with van der Waals surface area (Å²) in [5.74, 6) is -0.259. The number of carbonyl (C=O) groups excluding carboxylic acids is 1. The summed E-state index contributed by atoms with van der Waals surface area (Å²) in [6.45, 7) is 1.76. The maximum absolute atomic E-state index is 12.3. The van der Waals surface area contributed by atoms with E-state index in [1.54, 1.807) is 38.5 Å². The van der Waals surface area contributed by atoms with Gasteiger partial charge >= 0.3 is 0 Å². The summed E-state index contributed by atoms with van der Waals surface area (Å²) in [5, 5.41) is 3.27. The predicted molar refractivity (Wildman–Crippen MR) is 81.8 cm³/mol. The van der Waals surface area contributed by atoms with Crippen molar-refractivity contribution in [1.82, 2.24) is 14.5 Å². The molecule has 0 saturated carbocycles. The van der Waals surface area contributed by atoms with Crippen LogP contribution in [0.3, 0.4) is 0 Å². The van der Waals surface area contributed by atoms with Crippen LogP contribution in [0.4, 0.5) is 5.69 Å². The van der Waals surface area contributed by atoms with E-state index in [9.17, 15) is 9.59 Å². The smallest absolute Gasteiger partial charge is 0.266 e. The molecule has 3 heterocycles. The number of rotatable bonds is 2. The van der Waals surface area contributed by atoms with Crippen molar-refractivity contribution in [3.63, 3.8) is 0 Å². The molecule has 3 aromatic heterocycles. The number of anilines is 1. The normalized spacial score (nSPS) is 10.8. The lowest BCUT2D eigenvalue weighted by molar-refractivity contribution is 0.103. The molecule has 0 fully saturated rings. The van der Waals surface area contributed by atoms with Crippen molar-refractivity contribution in [2.24, 2.45) is 7.05 Å². The number of pyridine rings is 1. The van der Waals surface area contributed by atoms with Crippen molar-refractivity contribution in [1.29, 1.82) is 0 Å². The average molecular weight is 300 g/mol. The quantitative estimate of drug-likeness (QED) is 0.784. The molecular formula is C14H12N4O2S. The van der Waals surface area contributed by atoms with Gasteiger partial charge in [-0.3, -0.25) is 14.6 Å². The molecule has 0 unspecified atom stereocenters. The van der Waals surface area contributed by atoms with E-state index < -0.39 is 0 Å². The Morgan fingerprint density at radius 3 is 2.95 bits per heavy atom. The largest absolute Gasteiger partial charge is 0.320 e. The van der Waals surface area contributed by atoms with Gasteiger partial charge in [0.15, 0.2) is 0 Å². The topological polar surface area (TPSA) is 76.9 Å². The first-order valence-corrected chi connectivity index (χ1v) is 7.05. The molecule has 0 radical (unpaired) electrons. The van der Waals surface area contributed by atoms with Crippen LogP contribution in [0.2, 0.25) is 0 Å². The Bertz CT molecular complexity index is 883. The summed E-state index contributed by atoms with van der Waals surface area (Å²) in [4.78, 5) is 33.7. The van der Waals surface area contributed by atoms with Crippen molar-refractivity contribution < 1.29 is 4.79 Å². The molecule has 3 rings (SSSR count). The first kappa shape index (κ1) is 13.4. The number of aromatic nitrogens is 3. The van der Waals surface area contributed by atoms with Gasteiger partial charge in [-0.15, -0.1) is 11.3 Å². The van der Waals surface area contributed by atoms with Gasteiger partial charge in [-0.05, 0) is 24.6 Å². The highest BCUT2D eigenvalue weighted by Crippen LogP contribution is 2.27. The van der Waals surface area contributed by atoms with Gasteiger partial charge in [-0.1, -0.05) is 0 Å². The molecule has 0 saturated heterocycles. The predicted octanol–water partition coefficient (Wildman–Crippen LogP) is 1.95. The fraction of sp³-hybridized carbons (Fsp3) is 0.143. The zero-order chi connectivity index (χ0) is 15.0. The highest BCUT2D eigenvalue weighted by molar-refractivity contribution is 7.20. The summed E-state index contributed by atoms with van der Waals surface area (Å²) in [7, 11) is 1.64. The number of hydrogen-bond donors (Lipinski definition) is 1. The first-order chi connectivity index (χ1) is 10.1. The zero-order valence-electron chi connectivity index (χ0n) is 11.5. The minimum absolute atomic E-state index is 0.144. The molecule has 1 N–H and O–H groups in total. The van der Waals surface area contributed by atoms with Crippen molar-refractivity contribution in [3.05, 3.63) is 51.6 Å². The first-order valence-electron chi connectivity index (χ1n) is 6.24. The molecule has 0 aromatic carbocycles. The third kappa shape index (κ3) is 2.31. The van der Waals surface area contributed by atoms with Gasteiger partial charge in [0.25, 0.3) is 11.5 Å². The van der Waals surface area contributed by atoms with Gasteiger partial charge in [0.1, 0.15) is 4.83 Å². The van der Waals surface area contributed by atoms with E-state index in [1.807, 2.05) is 0 Å². The Labute approximate surface area is 124 Å². The third-order valence-electron chi connectivity index (χ3n) is 3.14. The summed E-state index contributed by atoms with van der Waals surface area (Å²) < 4.78 is 1.41. The maximum Gasteiger partial charge on any atom is 0.266 e. The SMILES string of the molecule is Cc1c(C(=O)Nc2cccnc2)sc2ncn(C)c(=O)c12. The average Bonchev–Trinajstić information content (AvgIpc) is 2.82.